The number of aryl methyl sites for hydroxylation is 1. The molecule has 1 aromatic rings. The Morgan fingerprint density at radius 2 is 1.50 bits per heavy atom. The first-order valence-electron chi connectivity index (χ1n) is 13.9. The Labute approximate surface area is 215 Å². The molecular formula is C36H34. The van der Waals surface area contributed by atoms with Crippen molar-refractivity contribution in [2.75, 3.05) is 0 Å². The average Bonchev–Trinajstić information content (AvgIpc) is 3.53. The number of fused-ring (bicyclic) bond motifs is 2. The Bertz CT molecular complexity index is 1470. The Balaban J connectivity index is 1.41. The van der Waals surface area contributed by atoms with Crippen molar-refractivity contribution in [2.24, 2.45) is 34.5 Å². The zero-order valence-electron chi connectivity index (χ0n) is 21.5. The van der Waals surface area contributed by atoms with E-state index in [1.807, 2.05) is 0 Å². The molecule has 0 amide bonds. The second kappa shape index (κ2) is 7.00. The third-order valence-electron chi connectivity index (χ3n) is 10.9. The highest BCUT2D eigenvalue weighted by Crippen LogP contribution is 2.65. The molecule has 0 heteroatoms. The average molecular weight is 467 g/mol. The molecule has 8 rings (SSSR count). The first-order valence-corrected chi connectivity index (χ1v) is 13.9. The summed E-state index contributed by atoms with van der Waals surface area (Å²) in [4.78, 5) is 0. The highest BCUT2D eigenvalue weighted by Gasteiger charge is 2.55. The van der Waals surface area contributed by atoms with Gasteiger partial charge < -0.3 is 0 Å². The molecule has 1 aromatic carbocycles. The van der Waals surface area contributed by atoms with Gasteiger partial charge in [-0.2, -0.15) is 0 Å². The molecule has 0 bridgehead atoms. The van der Waals surface area contributed by atoms with Crippen LogP contribution in [0.5, 0.6) is 0 Å². The Kier molecular flexibility index (Phi) is 4.09. The summed E-state index contributed by atoms with van der Waals surface area (Å²) >= 11 is 0. The molecule has 178 valence electrons. The van der Waals surface area contributed by atoms with Gasteiger partial charge in [-0.25, -0.2) is 0 Å². The van der Waals surface area contributed by atoms with E-state index in [9.17, 15) is 0 Å². The molecular weight excluding hydrogens is 432 g/mol. The zero-order chi connectivity index (χ0) is 24.2. The molecule has 0 aliphatic heterocycles. The quantitative estimate of drug-likeness (QED) is 0.383. The number of benzene rings is 1. The van der Waals surface area contributed by atoms with Crippen molar-refractivity contribution in [1.29, 1.82) is 0 Å². The summed E-state index contributed by atoms with van der Waals surface area (Å²) < 4.78 is 0. The van der Waals surface area contributed by atoms with E-state index in [4.69, 9.17) is 0 Å². The van der Waals surface area contributed by atoms with E-state index in [-0.39, 0.29) is 10.8 Å². The fraction of sp³-hybridized carbons (Fsp3) is 0.333. The lowest BCUT2D eigenvalue weighted by Crippen LogP contribution is -2.35. The molecule has 0 nitrogen and oxygen atoms in total. The van der Waals surface area contributed by atoms with Crippen molar-refractivity contribution in [3.8, 4) is 0 Å². The summed E-state index contributed by atoms with van der Waals surface area (Å²) in [5.41, 5.74) is 12.5. The Morgan fingerprint density at radius 3 is 2.31 bits per heavy atom. The van der Waals surface area contributed by atoms with Gasteiger partial charge in [-0.15, -0.1) is 0 Å². The van der Waals surface area contributed by atoms with Gasteiger partial charge in [0.25, 0.3) is 0 Å². The van der Waals surface area contributed by atoms with Gasteiger partial charge in [0, 0.05) is 35.0 Å². The SMILES string of the molecule is CCc1ccc(C2C3=C4C=CC5C=CC(=CC=C3CC3=C2C2C=CC6C=CC(C=C3)C62C)C45C)cc1. The number of hydrogen-bond acceptors (Lipinski definition) is 0. The van der Waals surface area contributed by atoms with Crippen LogP contribution in [0.25, 0.3) is 0 Å². The van der Waals surface area contributed by atoms with E-state index in [2.05, 4.69) is 118 Å². The third kappa shape index (κ3) is 2.41. The summed E-state index contributed by atoms with van der Waals surface area (Å²) in [7, 11) is 0. The van der Waals surface area contributed by atoms with E-state index in [0.29, 0.717) is 29.6 Å². The van der Waals surface area contributed by atoms with E-state index in [1.165, 1.54) is 22.3 Å². The first-order chi connectivity index (χ1) is 17.5. The molecule has 0 N–H and O–H groups in total. The normalized spacial score (nSPS) is 40.1. The van der Waals surface area contributed by atoms with Crippen molar-refractivity contribution in [2.45, 2.75) is 39.5 Å². The lowest BCUT2D eigenvalue weighted by Gasteiger charge is -2.43. The van der Waals surface area contributed by atoms with Crippen LogP contribution in [-0.2, 0) is 6.42 Å². The minimum atomic E-state index is 0.0588. The fourth-order valence-corrected chi connectivity index (χ4v) is 8.68. The standard InChI is InChI=1S/C36H34/c1-4-22-5-7-23(8-6-22)34-32-24(9-11-26-13-15-28-17-19-30(32)35(26,28)2)21-25-10-12-27-14-16-29-18-20-31(33(25)34)36(27,29)3/h5-20,26,28-30,34H,4,21H2,1-3H3. The van der Waals surface area contributed by atoms with E-state index < -0.39 is 0 Å². The molecule has 0 heterocycles. The van der Waals surface area contributed by atoms with Crippen molar-refractivity contribution in [3.05, 3.63) is 142 Å². The summed E-state index contributed by atoms with van der Waals surface area (Å²) in [6.45, 7) is 7.29. The van der Waals surface area contributed by atoms with Gasteiger partial charge in [-0.1, -0.05) is 118 Å². The van der Waals surface area contributed by atoms with Crippen LogP contribution in [0, 0.1) is 34.5 Å². The molecule has 7 aliphatic carbocycles. The summed E-state index contributed by atoms with van der Waals surface area (Å²) in [6, 6.07) is 9.61. The monoisotopic (exact) mass is 466 g/mol. The fourth-order valence-electron chi connectivity index (χ4n) is 8.68. The molecule has 7 aliphatic rings. The van der Waals surface area contributed by atoms with E-state index in [0.717, 1.165) is 12.8 Å². The molecule has 0 spiro atoms. The largest absolute Gasteiger partial charge is 0.0804 e. The smallest absolute Gasteiger partial charge is 0.0316 e. The maximum Gasteiger partial charge on any atom is 0.0316 e. The molecule has 0 saturated carbocycles. The van der Waals surface area contributed by atoms with Gasteiger partial charge in [0.15, 0.2) is 0 Å². The molecule has 36 heavy (non-hydrogen) atoms. The van der Waals surface area contributed by atoms with Gasteiger partial charge in [-0.05, 0) is 62.8 Å². The van der Waals surface area contributed by atoms with Crippen LogP contribution in [0.3, 0.4) is 0 Å². The Hall–Kier alpha value is -3.12. The molecule has 0 aromatic heterocycles. The highest BCUT2D eigenvalue weighted by atomic mass is 14.6. The van der Waals surface area contributed by atoms with Crippen molar-refractivity contribution in [1.82, 2.24) is 0 Å². The third-order valence-corrected chi connectivity index (χ3v) is 10.9. The van der Waals surface area contributed by atoms with Crippen LogP contribution in [0.4, 0.5) is 0 Å². The summed E-state index contributed by atoms with van der Waals surface area (Å²) in [6.07, 6.45) is 31.8. The van der Waals surface area contributed by atoms with E-state index >= 15 is 0 Å². The number of allylic oxidation sites excluding steroid dienone is 18. The van der Waals surface area contributed by atoms with E-state index in [1.54, 1.807) is 22.3 Å². The van der Waals surface area contributed by atoms with Crippen molar-refractivity contribution >= 4 is 0 Å². The van der Waals surface area contributed by atoms with Crippen LogP contribution >= 0.6 is 0 Å². The molecule has 0 saturated heterocycles. The molecule has 7 atom stereocenters. The predicted molar refractivity (Wildman–Crippen MR) is 149 cm³/mol. The number of hydrogen-bond donors (Lipinski definition) is 0. The van der Waals surface area contributed by atoms with Gasteiger partial charge in [0.2, 0.25) is 0 Å². The second-order valence-corrected chi connectivity index (χ2v) is 12.3. The maximum absolute atomic E-state index is 2.57. The van der Waals surface area contributed by atoms with Crippen molar-refractivity contribution < 1.29 is 0 Å². The zero-order valence-corrected chi connectivity index (χ0v) is 21.5. The number of rotatable bonds is 2. The summed E-state index contributed by atoms with van der Waals surface area (Å²) in [5.74, 6) is 2.28. The van der Waals surface area contributed by atoms with Crippen LogP contribution in [0.15, 0.2) is 131 Å². The van der Waals surface area contributed by atoms with Gasteiger partial charge in [-0.3, -0.25) is 0 Å². The second-order valence-electron chi connectivity index (χ2n) is 12.3. The molecule has 7 unspecified atom stereocenters. The minimum Gasteiger partial charge on any atom is -0.0804 e. The Morgan fingerprint density at radius 1 is 0.778 bits per heavy atom. The lowest BCUT2D eigenvalue weighted by molar-refractivity contribution is 0.200. The van der Waals surface area contributed by atoms with Crippen LogP contribution in [-0.4, -0.2) is 0 Å². The highest BCUT2D eigenvalue weighted by molar-refractivity contribution is 5.69. The van der Waals surface area contributed by atoms with Gasteiger partial charge >= 0.3 is 0 Å². The molecule has 0 fully saturated rings. The van der Waals surface area contributed by atoms with Crippen LogP contribution < -0.4 is 0 Å². The lowest BCUT2D eigenvalue weighted by atomic mass is 9.59. The van der Waals surface area contributed by atoms with Crippen molar-refractivity contribution in [3.63, 3.8) is 0 Å². The van der Waals surface area contributed by atoms with Crippen LogP contribution in [0.2, 0.25) is 0 Å². The maximum atomic E-state index is 2.57. The van der Waals surface area contributed by atoms with Crippen LogP contribution in [0.1, 0.15) is 44.2 Å². The van der Waals surface area contributed by atoms with Gasteiger partial charge in [0.05, 0.1) is 0 Å². The predicted octanol–water partition coefficient (Wildman–Crippen LogP) is 8.52. The molecule has 0 radical (unpaired) electrons. The first kappa shape index (κ1) is 21.0. The minimum absolute atomic E-state index is 0.0588. The van der Waals surface area contributed by atoms with Gasteiger partial charge in [0.1, 0.15) is 0 Å². The summed E-state index contributed by atoms with van der Waals surface area (Å²) in [5, 5.41) is 0. The topological polar surface area (TPSA) is 0 Å².